The number of carboxylic acid groups (broad SMARTS) is 1. The van der Waals surface area contributed by atoms with E-state index >= 15 is 0 Å². The molecule has 0 bridgehead atoms. The van der Waals surface area contributed by atoms with Crippen LogP contribution >= 0.6 is 0 Å². The fourth-order valence-corrected chi connectivity index (χ4v) is 2.00. The molecule has 1 heterocycles. The monoisotopic (exact) mass is 304 g/mol. The summed E-state index contributed by atoms with van der Waals surface area (Å²) in [6.07, 6.45) is 0. The Balaban J connectivity index is 2.20. The van der Waals surface area contributed by atoms with E-state index in [9.17, 15) is 14.4 Å². The summed E-state index contributed by atoms with van der Waals surface area (Å²) in [5.41, 5.74) is -0.00748. The topological polar surface area (TPSA) is 114 Å². The maximum atomic E-state index is 12.2. The number of amides is 1. The van der Waals surface area contributed by atoms with Crippen molar-refractivity contribution in [3.8, 4) is 0 Å². The second kappa shape index (κ2) is 6.33. The summed E-state index contributed by atoms with van der Waals surface area (Å²) in [5, 5.41) is 19.3. The highest BCUT2D eigenvalue weighted by atomic mass is 16.4. The van der Waals surface area contributed by atoms with E-state index in [-0.39, 0.29) is 12.5 Å². The van der Waals surface area contributed by atoms with Gasteiger partial charge in [0, 0.05) is 0 Å². The van der Waals surface area contributed by atoms with Crippen LogP contribution in [0.15, 0.2) is 29.1 Å². The van der Waals surface area contributed by atoms with E-state index in [2.05, 4.69) is 15.6 Å². The van der Waals surface area contributed by atoms with Crippen LogP contribution in [0.5, 0.6) is 0 Å². The Morgan fingerprint density at radius 3 is 2.64 bits per heavy atom. The smallest absolute Gasteiger partial charge is 0.326 e. The third kappa shape index (κ3) is 3.27. The largest absolute Gasteiger partial charge is 0.480 e. The van der Waals surface area contributed by atoms with E-state index in [1.54, 1.807) is 38.1 Å². The predicted molar refractivity (Wildman–Crippen MR) is 78.2 cm³/mol. The molecule has 0 radical (unpaired) electrons. The molecule has 22 heavy (non-hydrogen) atoms. The lowest BCUT2D eigenvalue weighted by Crippen LogP contribution is -2.46. The Morgan fingerprint density at radius 1 is 1.32 bits per heavy atom. The molecule has 0 unspecified atom stereocenters. The number of aromatic nitrogens is 3. The van der Waals surface area contributed by atoms with Crippen LogP contribution in [0.3, 0.4) is 0 Å². The summed E-state index contributed by atoms with van der Waals surface area (Å²) in [4.78, 5) is 35.2. The van der Waals surface area contributed by atoms with Crippen LogP contribution in [-0.4, -0.2) is 38.0 Å². The standard InChI is InChI=1S/C14H16N4O4/c1-8(2)12(14(21)22)15-11(19)7-18-13(20)9-5-3-4-6-10(9)16-17-18/h3-6,8,12H,7H2,1-2H3,(H,15,19)(H,21,22)/t12-/m0/s1. The van der Waals surface area contributed by atoms with Gasteiger partial charge in [-0.1, -0.05) is 31.2 Å². The number of hydrogen-bond acceptors (Lipinski definition) is 5. The van der Waals surface area contributed by atoms with Gasteiger partial charge < -0.3 is 10.4 Å². The molecule has 1 atom stereocenters. The highest BCUT2D eigenvalue weighted by molar-refractivity contribution is 5.83. The lowest BCUT2D eigenvalue weighted by Gasteiger charge is -2.17. The summed E-state index contributed by atoms with van der Waals surface area (Å²) in [5.74, 6) is -2.01. The summed E-state index contributed by atoms with van der Waals surface area (Å²) < 4.78 is 0.914. The Morgan fingerprint density at radius 2 is 2.00 bits per heavy atom. The van der Waals surface area contributed by atoms with Gasteiger partial charge in [-0.25, -0.2) is 9.48 Å². The van der Waals surface area contributed by atoms with Crippen molar-refractivity contribution >= 4 is 22.8 Å². The van der Waals surface area contributed by atoms with E-state index in [0.29, 0.717) is 10.9 Å². The van der Waals surface area contributed by atoms with Gasteiger partial charge in [-0.2, -0.15) is 0 Å². The number of rotatable bonds is 5. The lowest BCUT2D eigenvalue weighted by molar-refractivity contribution is -0.143. The average Bonchev–Trinajstić information content (AvgIpc) is 2.47. The molecule has 2 aromatic rings. The molecule has 2 N–H and O–H groups in total. The van der Waals surface area contributed by atoms with Gasteiger partial charge in [0.25, 0.3) is 5.56 Å². The molecule has 116 valence electrons. The van der Waals surface area contributed by atoms with Crippen molar-refractivity contribution in [2.75, 3.05) is 0 Å². The van der Waals surface area contributed by atoms with Crippen molar-refractivity contribution < 1.29 is 14.7 Å². The van der Waals surface area contributed by atoms with Crippen molar-refractivity contribution in [1.82, 2.24) is 20.3 Å². The number of benzene rings is 1. The maximum absolute atomic E-state index is 12.2. The van der Waals surface area contributed by atoms with Gasteiger partial charge in [-0.15, -0.1) is 5.10 Å². The molecule has 2 rings (SSSR count). The van der Waals surface area contributed by atoms with E-state index in [1.165, 1.54) is 0 Å². The van der Waals surface area contributed by atoms with E-state index in [1.807, 2.05) is 0 Å². The van der Waals surface area contributed by atoms with Gasteiger partial charge in [0.15, 0.2) is 0 Å². The van der Waals surface area contributed by atoms with Gasteiger partial charge >= 0.3 is 5.97 Å². The third-order valence-corrected chi connectivity index (χ3v) is 3.17. The van der Waals surface area contributed by atoms with Crippen molar-refractivity contribution in [1.29, 1.82) is 0 Å². The highest BCUT2D eigenvalue weighted by Gasteiger charge is 2.23. The normalized spacial score (nSPS) is 12.3. The summed E-state index contributed by atoms with van der Waals surface area (Å²) in [7, 11) is 0. The van der Waals surface area contributed by atoms with Gasteiger partial charge in [0.1, 0.15) is 18.1 Å². The molecule has 1 amide bonds. The van der Waals surface area contributed by atoms with Crippen LogP contribution in [0.1, 0.15) is 13.8 Å². The zero-order valence-corrected chi connectivity index (χ0v) is 12.2. The van der Waals surface area contributed by atoms with Crippen molar-refractivity contribution in [3.05, 3.63) is 34.6 Å². The summed E-state index contributed by atoms with van der Waals surface area (Å²) in [6.45, 7) is 2.98. The molecule has 8 nitrogen and oxygen atoms in total. The van der Waals surface area contributed by atoms with Crippen LogP contribution in [-0.2, 0) is 16.1 Å². The quantitative estimate of drug-likeness (QED) is 0.804. The molecule has 0 aliphatic rings. The first-order chi connectivity index (χ1) is 10.4. The molecule has 0 saturated carbocycles. The van der Waals surface area contributed by atoms with Crippen molar-refractivity contribution in [3.63, 3.8) is 0 Å². The fraction of sp³-hybridized carbons (Fsp3) is 0.357. The van der Waals surface area contributed by atoms with E-state index in [4.69, 9.17) is 5.11 Å². The van der Waals surface area contributed by atoms with Gasteiger partial charge in [-0.05, 0) is 18.1 Å². The van der Waals surface area contributed by atoms with Gasteiger partial charge in [-0.3, -0.25) is 9.59 Å². The first kappa shape index (κ1) is 15.6. The SMILES string of the molecule is CC(C)[C@H](NC(=O)Cn1nnc2ccccc2c1=O)C(=O)O. The van der Waals surface area contributed by atoms with Crippen LogP contribution in [0.25, 0.3) is 10.9 Å². The molecule has 1 aromatic heterocycles. The molecule has 0 saturated heterocycles. The van der Waals surface area contributed by atoms with Crippen LogP contribution in [0.4, 0.5) is 0 Å². The minimum Gasteiger partial charge on any atom is -0.480 e. The Hall–Kier alpha value is -2.77. The maximum Gasteiger partial charge on any atom is 0.326 e. The summed E-state index contributed by atoms with van der Waals surface area (Å²) in [6, 6.07) is 5.64. The van der Waals surface area contributed by atoms with Crippen LogP contribution in [0, 0.1) is 5.92 Å². The second-order valence-corrected chi connectivity index (χ2v) is 5.20. The van der Waals surface area contributed by atoms with E-state index < -0.39 is 23.5 Å². The molecule has 1 aromatic carbocycles. The average molecular weight is 304 g/mol. The first-order valence-electron chi connectivity index (χ1n) is 6.75. The number of aliphatic carboxylic acids is 1. The van der Waals surface area contributed by atoms with Crippen LogP contribution < -0.4 is 10.9 Å². The van der Waals surface area contributed by atoms with E-state index in [0.717, 1.165) is 4.68 Å². The van der Waals surface area contributed by atoms with Crippen molar-refractivity contribution in [2.24, 2.45) is 5.92 Å². The Labute approximate surface area is 125 Å². The zero-order chi connectivity index (χ0) is 16.3. The van der Waals surface area contributed by atoms with Gasteiger partial charge in [0.05, 0.1) is 5.39 Å². The zero-order valence-electron chi connectivity index (χ0n) is 12.2. The van der Waals surface area contributed by atoms with Crippen molar-refractivity contribution in [2.45, 2.75) is 26.4 Å². The molecule has 0 spiro atoms. The molecule has 0 aliphatic carbocycles. The number of fused-ring (bicyclic) bond motifs is 1. The number of carbonyl (C=O) groups excluding carboxylic acids is 1. The number of nitrogens with one attached hydrogen (secondary N) is 1. The molecule has 8 heteroatoms. The second-order valence-electron chi connectivity index (χ2n) is 5.20. The molecule has 0 fully saturated rings. The predicted octanol–water partition coefficient (Wildman–Crippen LogP) is 0.0169. The fourth-order valence-electron chi connectivity index (χ4n) is 2.00. The Kier molecular flexibility index (Phi) is 4.50. The Bertz CT molecular complexity index is 769. The minimum absolute atomic E-state index is 0.277. The number of carbonyl (C=O) groups is 2. The molecular weight excluding hydrogens is 288 g/mol. The third-order valence-electron chi connectivity index (χ3n) is 3.17. The van der Waals surface area contributed by atoms with Crippen LogP contribution in [0.2, 0.25) is 0 Å². The van der Waals surface area contributed by atoms with Gasteiger partial charge in [0.2, 0.25) is 5.91 Å². The molecular formula is C14H16N4O4. The minimum atomic E-state index is -1.12. The highest BCUT2D eigenvalue weighted by Crippen LogP contribution is 2.04. The number of carboxylic acids is 1. The number of nitrogens with zero attached hydrogens (tertiary/aromatic N) is 3. The summed E-state index contributed by atoms with van der Waals surface area (Å²) >= 11 is 0. The first-order valence-corrected chi connectivity index (χ1v) is 6.75. The number of hydrogen-bond donors (Lipinski definition) is 2. The lowest BCUT2D eigenvalue weighted by atomic mass is 10.1. The molecule has 0 aliphatic heterocycles.